The summed E-state index contributed by atoms with van der Waals surface area (Å²) >= 11 is 5.78. The smallest absolute Gasteiger partial charge is 0.142 e. The molecule has 1 nitrogen and oxygen atoms in total. The second-order valence-corrected chi connectivity index (χ2v) is 5.68. The third-order valence-corrected chi connectivity index (χ3v) is 4.49. The number of nitrogens with one attached hydrogen (secondary N) is 1. The first-order valence-corrected chi connectivity index (χ1v) is 7.29. The fraction of sp³-hybridized carbons (Fsp3) is 0.294. The lowest BCUT2D eigenvalue weighted by Crippen LogP contribution is -2.24. The summed E-state index contributed by atoms with van der Waals surface area (Å²) in [5, 5.41) is 3.54. The molecule has 0 radical (unpaired) electrons. The Bertz CT molecular complexity index is 626. The first-order chi connectivity index (χ1) is 9.70. The lowest BCUT2D eigenvalue weighted by atomic mass is 9.77. The van der Waals surface area contributed by atoms with Gasteiger partial charge in [-0.05, 0) is 48.7 Å². The number of hydrogen-bond acceptors (Lipinski definition) is 1. The van der Waals surface area contributed by atoms with Gasteiger partial charge in [0.1, 0.15) is 5.82 Å². The van der Waals surface area contributed by atoms with Crippen LogP contribution in [0.15, 0.2) is 42.5 Å². The maximum absolute atomic E-state index is 13.7. The third kappa shape index (κ3) is 2.34. The summed E-state index contributed by atoms with van der Waals surface area (Å²) in [7, 11) is 1.99. The number of halogens is 2. The van der Waals surface area contributed by atoms with Crippen LogP contribution < -0.4 is 5.32 Å². The molecule has 2 aromatic rings. The highest BCUT2D eigenvalue weighted by molar-refractivity contribution is 6.30. The zero-order chi connectivity index (χ0) is 14.1. The van der Waals surface area contributed by atoms with E-state index < -0.39 is 0 Å². The molecule has 0 heterocycles. The van der Waals surface area contributed by atoms with Crippen LogP contribution in [0.5, 0.6) is 0 Å². The van der Waals surface area contributed by atoms with E-state index in [0.29, 0.717) is 6.04 Å². The zero-order valence-corrected chi connectivity index (χ0v) is 12.1. The monoisotopic (exact) mass is 289 g/mol. The molecule has 104 valence electrons. The van der Waals surface area contributed by atoms with Crippen LogP contribution in [-0.2, 0) is 0 Å². The second-order valence-electron chi connectivity index (χ2n) is 5.27. The van der Waals surface area contributed by atoms with Crippen LogP contribution in [0.3, 0.4) is 0 Å². The fourth-order valence-corrected chi connectivity index (χ4v) is 3.28. The van der Waals surface area contributed by atoms with E-state index in [1.165, 1.54) is 11.1 Å². The Hall–Kier alpha value is -1.38. The molecule has 1 aliphatic rings. The van der Waals surface area contributed by atoms with Gasteiger partial charge in [-0.2, -0.15) is 0 Å². The van der Waals surface area contributed by atoms with Crippen LogP contribution >= 0.6 is 11.6 Å². The van der Waals surface area contributed by atoms with E-state index in [1.807, 2.05) is 13.1 Å². The van der Waals surface area contributed by atoms with E-state index in [9.17, 15) is 4.39 Å². The third-order valence-electron chi connectivity index (χ3n) is 4.19. The minimum Gasteiger partial charge on any atom is -0.313 e. The Morgan fingerprint density at radius 2 is 1.85 bits per heavy atom. The summed E-state index contributed by atoms with van der Waals surface area (Å²) in [6, 6.07) is 14.0. The van der Waals surface area contributed by atoms with E-state index in [2.05, 4.69) is 29.6 Å². The fourth-order valence-electron chi connectivity index (χ4n) is 3.17. The lowest BCUT2D eigenvalue weighted by molar-refractivity contribution is 0.470. The SMILES string of the molecule is CNC1CCC(c2ccc(Cl)c(F)c2)c2ccccc21. The van der Waals surface area contributed by atoms with Crippen molar-refractivity contribution < 1.29 is 4.39 Å². The minimum absolute atomic E-state index is 0.186. The van der Waals surface area contributed by atoms with E-state index in [4.69, 9.17) is 11.6 Å². The van der Waals surface area contributed by atoms with Gasteiger partial charge < -0.3 is 5.32 Å². The van der Waals surface area contributed by atoms with Gasteiger partial charge in [0.15, 0.2) is 0 Å². The lowest BCUT2D eigenvalue weighted by Gasteiger charge is -2.31. The van der Waals surface area contributed by atoms with Gasteiger partial charge >= 0.3 is 0 Å². The predicted octanol–water partition coefficient (Wildman–Crippen LogP) is 4.67. The topological polar surface area (TPSA) is 12.0 Å². The molecule has 2 aromatic carbocycles. The Balaban J connectivity index is 2.05. The van der Waals surface area contributed by atoms with Gasteiger partial charge in [0.2, 0.25) is 0 Å². The number of hydrogen-bond donors (Lipinski definition) is 1. The molecule has 1 N–H and O–H groups in total. The molecular formula is C17H17ClFN. The summed E-state index contributed by atoms with van der Waals surface area (Å²) < 4.78 is 13.7. The molecule has 0 aromatic heterocycles. The van der Waals surface area contributed by atoms with Crippen molar-refractivity contribution in [3.05, 3.63) is 70.0 Å². The maximum atomic E-state index is 13.7. The Morgan fingerprint density at radius 3 is 2.55 bits per heavy atom. The van der Waals surface area contributed by atoms with Gasteiger partial charge in [0.25, 0.3) is 0 Å². The van der Waals surface area contributed by atoms with Crippen molar-refractivity contribution in [1.82, 2.24) is 5.32 Å². The van der Waals surface area contributed by atoms with Gasteiger partial charge in [-0.3, -0.25) is 0 Å². The van der Waals surface area contributed by atoms with E-state index in [0.717, 1.165) is 18.4 Å². The summed E-state index contributed by atoms with van der Waals surface area (Å²) in [5.41, 5.74) is 3.62. The maximum Gasteiger partial charge on any atom is 0.142 e. The standard InChI is InChI=1S/C17H17ClFN/c1-20-17-9-7-12(13-4-2-3-5-14(13)17)11-6-8-15(18)16(19)10-11/h2-6,8,10,12,17,20H,7,9H2,1H3. The first kappa shape index (κ1) is 13.6. The van der Waals surface area contributed by atoms with E-state index in [-0.39, 0.29) is 16.8 Å². The molecule has 0 saturated carbocycles. The molecule has 2 unspecified atom stereocenters. The largest absolute Gasteiger partial charge is 0.313 e. The molecule has 2 atom stereocenters. The van der Waals surface area contributed by atoms with Gasteiger partial charge in [-0.25, -0.2) is 4.39 Å². The van der Waals surface area contributed by atoms with Crippen molar-refractivity contribution in [2.45, 2.75) is 24.8 Å². The molecule has 0 saturated heterocycles. The molecular weight excluding hydrogens is 273 g/mol. The molecule has 20 heavy (non-hydrogen) atoms. The average Bonchev–Trinajstić information content (AvgIpc) is 2.49. The molecule has 0 amide bonds. The van der Waals surface area contributed by atoms with Crippen LogP contribution in [0.4, 0.5) is 4.39 Å². The average molecular weight is 290 g/mol. The number of rotatable bonds is 2. The highest BCUT2D eigenvalue weighted by Crippen LogP contribution is 2.41. The molecule has 0 spiro atoms. The van der Waals surface area contributed by atoms with Crippen LogP contribution in [0.1, 0.15) is 41.5 Å². The summed E-state index contributed by atoms with van der Waals surface area (Å²) in [6.07, 6.45) is 2.08. The summed E-state index contributed by atoms with van der Waals surface area (Å²) in [5.74, 6) is -0.0834. The van der Waals surface area contributed by atoms with Gasteiger partial charge in [-0.15, -0.1) is 0 Å². The van der Waals surface area contributed by atoms with Crippen LogP contribution in [-0.4, -0.2) is 7.05 Å². The van der Waals surface area contributed by atoms with Crippen molar-refractivity contribution in [3.8, 4) is 0 Å². The van der Waals surface area contributed by atoms with Crippen LogP contribution in [0.2, 0.25) is 5.02 Å². The van der Waals surface area contributed by atoms with Crippen molar-refractivity contribution in [3.63, 3.8) is 0 Å². The van der Waals surface area contributed by atoms with E-state index in [1.54, 1.807) is 12.1 Å². The molecule has 3 heteroatoms. The molecule has 0 fully saturated rings. The van der Waals surface area contributed by atoms with Gasteiger partial charge in [0, 0.05) is 12.0 Å². The van der Waals surface area contributed by atoms with E-state index >= 15 is 0 Å². The molecule has 3 rings (SSSR count). The molecule has 0 bridgehead atoms. The van der Waals surface area contributed by atoms with Crippen LogP contribution in [0, 0.1) is 5.82 Å². The number of benzene rings is 2. The molecule has 0 aliphatic heterocycles. The summed E-state index contributed by atoms with van der Waals surface area (Å²) in [4.78, 5) is 0. The van der Waals surface area contributed by atoms with Crippen molar-refractivity contribution >= 4 is 11.6 Å². The predicted molar refractivity (Wildman–Crippen MR) is 80.7 cm³/mol. The molecule has 1 aliphatic carbocycles. The highest BCUT2D eigenvalue weighted by atomic mass is 35.5. The zero-order valence-electron chi connectivity index (χ0n) is 11.4. The Morgan fingerprint density at radius 1 is 1.10 bits per heavy atom. The van der Waals surface area contributed by atoms with Crippen LogP contribution in [0.25, 0.3) is 0 Å². The Labute approximate surface area is 123 Å². The summed E-state index contributed by atoms with van der Waals surface area (Å²) in [6.45, 7) is 0. The number of fused-ring (bicyclic) bond motifs is 1. The first-order valence-electron chi connectivity index (χ1n) is 6.91. The van der Waals surface area contributed by atoms with Gasteiger partial charge in [0.05, 0.1) is 5.02 Å². The minimum atomic E-state index is -0.336. The van der Waals surface area contributed by atoms with Crippen molar-refractivity contribution in [1.29, 1.82) is 0 Å². The normalized spacial score (nSPS) is 21.6. The quantitative estimate of drug-likeness (QED) is 0.847. The highest BCUT2D eigenvalue weighted by Gasteiger charge is 2.27. The second kappa shape index (κ2) is 5.55. The van der Waals surface area contributed by atoms with Gasteiger partial charge in [-0.1, -0.05) is 41.9 Å². The van der Waals surface area contributed by atoms with Crippen molar-refractivity contribution in [2.75, 3.05) is 7.05 Å². The Kier molecular flexibility index (Phi) is 3.77. The van der Waals surface area contributed by atoms with Crippen molar-refractivity contribution in [2.24, 2.45) is 0 Å².